The third kappa shape index (κ3) is 5.05. The number of hydrogen-bond acceptors (Lipinski definition) is 3. The summed E-state index contributed by atoms with van der Waals surface area (Å²) in [6, 6.07) is 14.2. The zero-order chi connectivity index (χ0) is 21.0. The highest BCUT2D eigenvalue weighted by atomic mass is 19.1. The molecule has 1 N–H and O–H groups in total. The number of halogens is 2. The maximum absolute atomic E-state index is 14.1. The number of amides is 1. The lowest BCUT2D eigenvalue weighted by Gasteiger charge is -2.38. The number of nitrogens with one attached hydrogen (secondary N) is 1. The van der Waals surface area contributed by atoms with Crippen LogP contribution in [-0.4, -0.2) is 43.2 Å². The van der Waals surface area contributed by atoms with E-state index >= 15 is 0 Å². The Kier molecular flexibility index (Phi) is 6.44. The predicted octanol–water partition coefficient (Wildman–Crippen LogP) is 3.79. The van der Waals surface area contributed by atoms with Crippen LogP contribution in [0.2, 0.25) is 0 Å². The van der Waals surface area contributed by atoms with Crippen LogP contribution in [0.15, 0.2) is 48.5 Å². The summed E-state index contributed by atoms with van der Waals surface area (Å²) in [7, 11) is 0. The van der Waals surface area contributed by atoms with Gasteiger partial charge in [-0.15, -0.1) is 0 Å². The molecule has 0 bridgehead atoms. The fraction of sp³-hybridized carbons (Fsp3) is 0.458. The van der Waals surface area contributed by atoms with E-state index in [2.05, 4.69) is 17.4 Å². The van der Waals surface area contributed by atoms with Gasteiger partial charge in [0.1, 0.15) is 11.6 Å². The Morgan fingerprint density at radius 2 is 1.83 bits per heavy atom. The van der Waals surface area contributed by atoms with Crippen molar-refractivity contribution in [3.63, 3.8) is 0 Å². The molecule has 1 aliphatic carbocycles. The third-order valence-corrected chi connectivity index (χ3v) is 6.26. The van der Waals surface area contributed by atoms with E-state index in [1.165, 1.54) is 17.7 Å². The second-order valence-corrected chi connectivity index (χ2v) is 8.41. The average Bonchev–Trinajstić information content (AvgIpc) is 3.60. The van der Waals surface area contributed by atoms with Crippen LogP contribution in [0.5, 0.6) is 0 Å². The molecule has 1 saturated carbocycles. The van der Waals surface area contributed by atoms with Crippen molar-refractivity contribution in [1.82, 2.24) is 10.2 Å². The highest BCUT2D eigenvalue weighted by molar-refractivity contribution is 5.78. The lowest BCUT2D eigenvalue weighted by molar-refractivity contribution is -0.123. The van der Waals surface area contributed by atoms with Crippen LogP contribution in [0.4, 0.5) is 8.78 Å². The molecule has 1 aliphatic heterocycles. The fourth-order valence-electron chi connectivity index (χ4n) is 4.25. The Morgan fingerprint density at radius 3 is 2.50 bits per heavy atom. The lowest BCUT2D eigenvalue weighted by atomic mass is 9.74. The molecule has 0 spiro atoms. The molecule has 0 radical (unpaired) electrons. The van der Waals surface area contributed by atoms with E-state index in [1.807, 2.05) is 23.1 Å². The second-order valence-electron chi connectivity index (χ2n) is 8.41. The van der Waals surface area contributed by atoms with Crippen molar-refractivity contribution in [3.05, 3.63) is 71.3 Å². The van der Waals surface area contributed by atoms with Crippen molar-refractivity contribution >= 4 is 5.91 Å². The van der Waals surface area contributed by atoms with E-state index in [0.29, 0.717) is 31.9 Å². The van der Waals surface area contributed by atoms with E-state index in [0.717, 1.165) is 31.7 Å². The quantitative estimate of drug-likeness (QED) is 0.715. The van der Waals surface area contributed by atoms with Crippen LogP contribution in [0.1, 0.15) is 36.8 Å². The molecule has 2 fully saturated rings. The molecule has 4 nitrogen and oxygen atoms in total. The Bertz CT molecular complexity index is 865. The molecule has 0 atom stereocenters. The second kappa shape index (κ2) is 9.23. The Morgan fingerprint density at radius 1 is 1.10 bits per heavy atom. The number of carbonyl (C=O) groups is 1. The van der Waals surface area contributed by atoms with Gasteiger partial charge in [0.15, 0.2) is 0 Å². The molecule has 2 aromatic carbocycles. The minimum absolute atomic E-state index is 0.0637. The summed E-state index contributed by atoms with van der Waals surface area (Å²) < 4.78 is 32.8. The minimum atomic E-state index is -0.588. The summed E-state index contributed by atoms with van der Waals surface area (Å²) in [6.07, 6.45) is 3.73. The number of hydrogen-bond donors (Lipinski definition) is 1. The van der Waals surface area contributed by atoms with Gasteiger partial charge in [-0.05, 0) is 37.3 Å². The molecule has 1 heterocycles. The highest BCUT2D eigenvalue weighted by Gasteiger charge is 2.35. The van der Waals surface area contributed by atoms with Crippen molar-refractivity contribution in [2.45, 2.75) is 43.7 Å². The van der Waals surface area contributed by atoms with Crippen LogP contribution < -0.4 is 5.32 Å². The van der Waals surface area contributed by atoms with Gasteiger partial charge in [0.2, 0.25) is 5.91 Å². The maximum Gasteiger partial charge on any atom is 0.234 e. The Hall–Kier alpha value is -2.31. The van der Waals surface area contributed by atoms with Crippen molar-refractivity contribution in [1.29, 1.82) is 0 Å². The SMILES string of the molecule is O=C(CN(Cc1ccc(F)cc1F)C1CC1)NCC1(c2ccccc2)CCOCC1. The Labute approximate surface area is 176 Å². The van der Waals surface area contributed by atoms with Gasteiger partial charge in [0.05, 0.1) is 6.54 Å². The molecule has 2 aliphatic rings. The molecule has 0 unspecified atom stereocenters. The van der Waals surface area contributed by atoms with Gasteiger partial charge in [0.25, 0.3) is 0 Å². The summed E-state index contributed by atoms with van der Waals surface area (Å²) in [5.74, 6) is -1.22. The van der Waals surface area contributed by atoms with Crippen molar-refractivity contribution in [2.24, 2.45) is 0 Å². The predicted molar refractivity (Wildman–Crippen MR) is 111 cm³/mol. The number of ether oxygens (including phenoxy) is 1. The van der Waals surface area contributed by atoms with Crippen molar-refractivity contribution in [2.75, 3.05) is 26.3 Å². The molecule has 0 aromatic heterocycles. The van der Waals surface area contributed by atoms with Crippen molar-refractivity contribution in [3.8, 4) is 0 Å². The molecule has 1 saturated heterocycles. The van der Waals surface area contributed by atoms with Crippen LogP contribution in [-0.2, 0) is 21.5 Å². The molecular weight excluding hydrogens is 386 g/mol. The standard InChI is InChI=1S/C24H28F2N2O2/c25-20-7-6-18(22(26)14-20)15-28(21-8-9-21)16-23(29)27-17-24(10-12-30-13-11-24)19-4-2-1-3-5-19/h1-7,14,21H,8-13,15-17H2,(H,27,29). The van der Waals surface area contributed by atoms with Gasteiger partial charge < -0.3 is 10.1 Å². The van der Waals surface area contributed by atoms with Crippen LogP contribution >= 0.6 is 0 Å². The van der Waals surface area contributed by atoms with Crippen LogP contribution in [0.3, 0.4) is 0 Å². The number of benzene rings is 2. The summed E-state index contributed by atoms with van der Waals surface area (Å²) >= 11 is 0. The van der Waals surface area contributed by atoms with Gasteiger partial charge in [-0.25, -0.2) is 8.78 Å². The van der Waals surface area contributed by atoms with Gasteiger partial charge in [-0.3, -0.25) is 9.69 Å². The average molecular weight is 414 g/mol. The van der Waals surface area contributed by atoms with Gasteiger partial charge in [-0.1, -0.05) is 36.4 Å². The van der Waals surface area contributed by atoms with E-state index in [9.17, 15) is 13.6 Å². The normalized spacial score (nSPS) is 18.4. The molecular formula is C24H28F2N2O2. The first-order valence-corrected chi connectivity index (χ1v) is 10.6. The maximum atomic E-state index is 14.1. The number of rotatable bonds is 8. The largest absolute Gasteiger partial charge is 0.381 e. The van der Waals surface area contributed by atoms with Crippen LogP contribution in [0, 0.1) is 11.6 Å². The van der Waals surface area contributed by atoms with Gasteiger partial charge in [-0.2, -0.15) is 0 Å². The van der Waals surface area contributed by atoms with Gasteiger partial charge in [0, 0.05) is 49.4 Å². The number of carbonyl (C=O) groups excluding carboxylic acids is 1. The third-order valence-electron chi connectivity index (χ3n) is 6.26. The van der Waals surface area contributed by atoms with E-state index < -0.39 is 11.6 Å². The number of nitrogens with zero attached hydrogens (tertiary/aromatic N) is 1. The zero-order valence-electron chi connectivity index (χ0n) is 17.1. The van der Waals surface area contributed by atoms with E-state index in [-0.39, 0.29) is 23.9 Å². The summed E-state index contributed by atoms with van der Waals surface area (Å²) in [4.78, 5) is 14.8. The topological polar surface area (TPSA) is 41.6 Å². The summed E-state index contributed by atoms with van der Waals surface area (Å²) in [5, 5.41) is 3.12. The lowest BCUT2D eigenvalue weighted by Crippen LogP contribution is -2.47. The highest BCUT2D eigenvalue weighted by Crippen LogP contribution is 2.34. The first kappa shape index (κ1) is 20.9. The van der Waals surface area contributed by atoms with Gasteiger partial charge >= 0.3 is 0 Å². The van der Waals surface area contributed by atoms with E-state index in [1.54, 1.807) is 0 Å². The van der Waals surface area contributed by atoms with Crippen LogP contribution in [0.25, 0.3) is 0 Å². The molecule has 6 heteroatoms. The monoisotopic (exact) mass is 414 g/mol. The fourth-order valence-corrected chi connectivity index (χ4v) is 4.25. The molecule has 2 aromatic rings. The molecule has 160 valence electrons. The smallest absolute Gasteiger partial charge is 0.234 e. The molecule has 4 rings (SSSR count). The zero-order valence-corrected chi connectivity index (χ0v) is 17.1. The first-order chi connectivity index (χ1) is 14.6. The van der Waals surface area contributed by atoms with Crippen molar-refractivity contribution < 1.29 is 18.3 Å². The summed E-state index contributed by atoms with van der Waals surface area (Å²) in [5.41, 5.74) is 1.52. The molecule has 1 amide bonds. The summed E-state index contributed by atoms with van der Waals surface area (Å²) in [6.45, 7) is 2.44. The van der Waals surface area contributed by atoms with E-state index in [4.69, 9.17) is 4.74 Å². The Balaban J connectivity index is 1.39. The minimum Gasteiger partial charge on any atom is -0.381 e. The molecule has 30 heavy (non-hydrogen) atoms. The first-order valence-electron chi connectivity index (χ1n) is 10.6.